The fourth-order valence-electron chi connectivity index (χ4n) is 2.20. The second kappa shape index (κ2) is 7.21. The smallest absolute Gasteiger partial charge is 0.408 e. The molecule has 1 atom stereocenters. The van der Waals surface area contributed by atoms with Gasteiger partial charge in [0, 0.05) is 24.5 Å². The van der Waals surface area contributed by atoms with E-state index in [1.807, 2.05) is 53.4 Å². The van der Waals surface area contributed by atoms with E-state index in [0.717, 1.165) is 11.3 Å². The van der Waals surface area contributed by atoms with E-state index in [1.54, 1.807) is 20.8 Å². The van der Waals surface area contributed by atoms with Crippen LogP contribution in [0.1, 0.15) is 26.3 Å². The highest BCUT2D eigenvalue weighted by Gasteiger charge is 2.24. The number of rotatable bonds is 5. The lowest BCUT2D eigenvalue weighted by molar-refractivity contribution is -0.139. The first-order chi connectivity index (χ1) is 11.2. The predicted molar refractivity (Wildman–Crippen MR) is 90.3 cm³/mol. The second-order valence-electron chi connectivity index (χ2n) is 6.50. The first kappa shape index (κ1) is 17.6. The Morgan fingerprint density at radius 3 is 2.25 bits per heavy atom. The molecule has 0 radical (unpaired) electrons. The average Bonchev–Trinajstić information content (AvgIpc) is 2.99. The summed E-state index contributed by atoms with van der Waals surface area (Å²) in [7, 11) is 0. The summed E-state index contributed by atoms with van der Waals surface area (Å²) in [5.74, 6) is -1.10. The zero-order chi connectivity index (χ0) is 17.7. The van der Waals surface area contributed by atoms with Crippen LogP contribution in [0.25, 0.3) is 5.69 Å². The van der Waals surface area contributed by atoms with Gasteiger partial charge in [0.15, 0.2) is 0 Å². The number of nitrogens with zero attached hydrogens (tertiary/aromatic N) is 1. The van der Waals surface area contributed by atoms with Crippen LogP contribution in [-0.4, -0.2) is 33.4 Å². The normalized spacial score (nSPS) is 12.5. The van der Waals surface area contributed by atoms with Crippen LogP contribution in [0.5, 0.6) is 0 Å². The number of benzene rings is 1. The summed E-state index contributed by atoms with van der Waals surface area (Å²) in [5, 5.41) is 11.7. The van der Waals surface area contributed by atoms with Crippen LogP contribution in [-0.2, 0) is 16.0 Å². The third-order valence-corrected chi connectivity index (χ3v) is 3.27. The van der Waals surface area contributed by atoms with Crippen LogP contribution in [0.4, 0.5) is 4.79 Å². The maximum Gasteiger partial charge on any atom is 0.408 e. The monoisotopic (exact) mass is 330 g/mol. The van der Waals surface area contributed by atoms with Crippen LogP contribution in [0.15, 0.2) is 48.8 Å². The molecule has 6 heteroatoms. The van der Waals surface area contributed by atoms with Crippen molar-refractivity contribution in [2.45, 2.75) is 38.8 Å². The maximum absolute atomic E-state index is 11.8. The number of aromatic nitrogens is 1. The summed E-state index contributed by atoms with van der Waals surface area (Å²) in [6.45, 7) is 5.17. The maximum atomic E-state index is 11.8. The van der Waals surface area contributed by atoms with Crippen molar-refractivity contribution >= 4 is 12.1 Å². The van der Waals surface area contributed by atoms with Crippen molar-refractivity contribution in [3.63, 3.8) is 0 Å². The zero-order valence-corrected chi connectivity index (χ0v) is 14.0. The molecule has 24 heavy (non-hydrogen) atoms. The molecule has 1 heterocycles. The van der Waals surface area contributed by atoms with Gasteiger partial charge in [0.05, 0.1) is 0 Å². The van der Waals surface area contributed by atoms with Gasteiger partial charge in [0.25, 0.3) is 0 Å². The quantitative estimate of drug-likeness (QED) is 0.883. The number of alkyl carbamates (subject to hydrolysis) is 1. The predicted octanol–water partition coefficient (Wildman–Crippen LogP) is 3.00. The number of carbonyl (C=O) groups is 2. The molecule has 1 unspecified atom stereocenters. The molecule has 0 bridgehead atoms. The molecule has 0 aliphatic rings. The number of carboxylic acids is 1. The fourth-order valence-corrected chi connectivity index (χ4v) is 2.20. The molecule has 2 N–H and O–H groups in total. The number of amides is 1. The van der Waals surface area contributed by atoms with Crippen molar-refractivity contribution < 1.29 is 19.4 Å². The molecule has 6 nitrogen and oxygen atoms in total. The molecular weight excluding hydrogens is 308 g/mol. The lowest BCUT2D eigenvalue weighted by atomic mass is 10.1. The van der Waals surface area contributed by atoms with E-state index in [2.05, 4.69) is 5.32 Å². The van der Waals surface area contributed by atoms with Crippen LogP contribution in [0, 0.1) is 0 Å². The molecular formula is C18H22N2O4. The van der Waals surface area contributed by atoms with Crippen LogP contribution in [0.3, 0.4) is 0 Å². The van der Waals surface area contributed by atoms with Crippen molar-refractivity contribution in [1.29, 1.82) is 0 Å². The van der Waals surface area contributed by atoms with E-state index in [-0.39, 0.29) is 6.42 Å². The third kappa shape index (κ3) is 5.15. The molecule has 0 aliphatic carbocycles. The van der Waals surface area contributed by atoms with Gasteiger partial charge >= 0.3 is 12.1 Å². The van der Waals surface area contributed by atoms with Gasteiger partial charge in [0.1, 0.15) is 11.6 Å². The molecule has 0 fully saturated rings. The highest BCUT2D eigenvalue weighted by Crippen LogP contribution is 2.12. The molecule has 0 saturated carbocycles. The minimum Gasteiger partial charge on any atom is -0.480 e. The van der Waals surface area contributed by atoms with Gasteiger partial charge in [-0.3, -0.25) is 0 Å². The van der Waals surface area contributed by atoms with E-state index >= 15 is 0 Å². The minimum absolute atomic E-state index is 0.181. The first-order valence-corrected chi connectivity index (χ1v) is 7.69. The molecule has 2 aromatic rings. The standard InChI is InChI=1S/C18H22N2O4/c1-18(2,3)24-17(23)19-15(16(21)22)12-13-6-8-14(9-7-13)20-10-4-5-11-20/h4-11,15H,12H2,1-3H3,(H,19,23)(H,21,22). The van der Waals surface area contributed by atoms with Crippen molar-refractivity contribution in [3.8, 4) is 5.69 Å². The van der Waals surface area contributed by atoms with Gasteiger partial charge in [-0.1, -0.05) is 12.1 Å². The summed E-state index contributed by atoms with van der Waals surface area (Å²) in [4.78, 5) is 23.2. The summed E-state index contributed by atoms with van der Waals surface area (Å²) < 4.78 is 7.06. The number of hydrogen-bond acceptors (Lipinski definition) is 3. The Bertz CT molecular complexity index is 685. The Balaban J connectivity index is 2.02. The number of nitrogens with one attached hydrogen (secondary N) is 1. The van der Waals surface area contributed by atoms with Crippen molar-refractivity contribution in [3.05, 3.63) is 54.4 Å². The Labute approximate surface area is 141 Å². The van der Waals surface area contributed by atoms with E-state index in [4.69, 9.17) is 4.74 Å². The minimum atomic E-state index is -1.10. The van der Waals surface area contributed by atoms with Crippen molar-refractivity contribution in [2.24, 2.45) is 0 Å². The second-order valence-corrected chi connectivity index (χ2v) is 6.50. The van der Waals surface area contributed by atoms with Gasteiger partial charge in [-0.05, 0) is 50.6 Å². The molecule has 2 rings (SSSR count). The average molecular weight is 330 g/mol. The van der Waals surface area contributed by atoms with Gasteiger partial charge in [-0.25, -0.2) is 9.59 Å². The largest absolute Gasteiger partial charge is 0.480 e. The number of ether oxygens (including phenoxy) is 1. The summed E-state index contributed by atoms with van der Waals surface area (Å²) in [6, 6.07) is 10.3. The Morgan fingerprint density at radius 2 is 1.75 bits per heavy atom. The molecule has 0 spiro atoms. The highest BCUT2D eigenvalue weighted by molar-refractivity contribution is 5.80. The topological polar surface area (TPSA) is 80.6 Å². The number of carboxylic acid groups (broad SMARTS) is 1. The van der Waals surface area contributed by atoms with Crippen LogP contribution < -0.4 is 5.32 Å². The third-order valence-electron chi connectivity index (χ3n) is 3.27. The molecule has 0 saturated heterocycles. The lowest BCUT2D eigenvalue weighted by Gasteiger charge is -2.22. The fraction of sp³-hybridized carbons (Fsp3) is 0.333. The SMILES string of the molecule is CC(C)(C)OC(=O)NC(Cc1ccc(-n2cccc2)cc1)C(=O)O. The van der Waals surface area contributed by atoms with E-state index in [1.165, 1.54) is 0 Å². The number of carbonyl (C=O) groups excluding carboxylic acids is 1. The zero-order valence-electron chi connectivity index (χ0n) is 14.0. The molecule has 1 aromatic heterocycles. The van der Waals surface area contributed by atoms with Crippen LogP contribution in [0.2, 0.25) is 0 Å². The Hall–Kier alpha value is -2.76. The van der Waals surface area contributed by atoms with Crippen LogP contribution >= 0.6 is 0 Å². The van der Waals surface area contributed by atoms with Gasteiger partial charge in [0.2, 0.25) is 0 Å². The molecule has 128 valence electrons. The van der Waals surface area contributed by atoms with Crippen molar-refractivity contribution in [1.82, 2.24) is 9.88 Å². The highest BCUT2D eigenvalue weighted by atomic mass is 16.6. The van der Waals surface area contributed by atoms with E-state index in [0.29, 0.717) is 0 Å². The summed E-state index contributed by atoms with van der Waals surface area (Å²) >= 11 is 0. The summed E-state index contributed by atoms with van der Waals surface area (Å²) in [6.07, 6.45) is 3.30. The van der Waals surface area contributed by atoms with Gasteiger partial charge < -0.3 is 19.7 Å². The Morgan fingerprint density at radius 1 is 1.17 bits per heavy atom. The first-order valence-electron chi connectivity index (χ1n) is 7.69. The number of aliphatic carboxylic acids is 1. The van der Waals surface area contributed by atoms with E-state index < -0.39 is 23.7 Å². The van der Waals surface area contributed by atoms with E-state index in [9.17, 15) is 14.7 Å². The Kier molecular flexibility index (Phi) is 5.28. The number of hydrogen-bond donors (Lipinski definition) is 2. The lowest BCUT2D eigenvalue weighted by Crippen LogP contribution is -2.44. The van der Waals surface area contributed by atoms with Gasteiger partial charge in [-0.2, -0.15) is 0 Å². The summed E-state index contributed by atoms with van der Waals surface area (Å²) in [5.41, 5.74) is 1.12. The van der Waals surface area contributed by atoms with Gasteiger partial charge in [-0.15, -0.1) is 0 Å². The molecule has 1 amide bonds. The molecule has 0 aliphatic heterocycles. The van der Waals surface area contributed by atoms with Crippen molar-refractivity contribution in [2.75, 3.05) is 0 Å². The molecule has 1 aromatic carbocycles.